The second kappa shape index (κ2) is 55.6. The molecule has 2 fully saturated rings. The number of piperazine rings is 1. The maximum Gasteiger partial charge on any atom is 0.236 e. The first-order chi connectivity index (χ1) is 36.7. The number of hydrogen-bond donors (Lipinski definition) is 0. The van der Waals surface area contributed by atoms with Gasteiger partial charge in [-0.25, -0.2) is 0 Å². The Morgan fingerprint density at radius 3 is 0.838 bits per heavy atom. The molecule has 74 heavy (non-hydrogen) atoms. The molecule has 0 N–H and O–H groups in total. The van der Waals surface area contributed by atoms with E-state index in [9.17, 15) is 4.79 Å². The largest absolute Gasteiger partial charge is 0.340 e. The Labute approximate surface area is 466 Å². The van der Waals surface area contributed by atoms with Gasteiger partial charge in [0.2, 0.25) is 5.91 Å². The number of amides is 1. The molecule has 0 atom stereocenters. The average Bonchev–Trinajstić information content (AvgIpc) is 3.41. The number of rotatable bonds is 41. The molecule has 0 aromatic rings. The van der Waals surface area contributed by atoms with Gasteiger partial charge in [0.15, 0.2) is 0 Å². The molecular weight excluding hydrogens is 903 g/mol. The molecule has 2 saturated heterocycles. The van der Waals surface area contributed by atoms with Crippen LogP contribution in [-0.2, 0) is 4.79 Å². The monoisotopic (exact) mass is 1040 g/mol. The van der Waals surface area contributed by atoms with Crippen LogP contribution in [0.5, 0.6) is 0 Å². The third kappa shape index (κ3) is 45.2. The zero-order valence-corrected chi connectivity index (χ0v) is 51.4. The van der Waals surface area contributed by atoms with Crippen LogP contribution in [0.2, 0.25) is 0 Å². The SMILES string of the molecule is CCCCCCCCCCCCN(CCCCCCCCCCCC)CCN1CCN(CCN(CCCCCCCCCCCC)C(=O)CN2CCCCCCCCCCCCCCCCCCCCCC2)CC1. The van der Waals surface area contributed by atoms with Crippen LogP contribution in [-0.4, -0.2) is 122 Å². The van der Waals surface area contributed by atoms with E-state index in [4.69, 9.17) is 0 Å². The predicted molar refractivity (Wildman–Crippen MR) is 330 cm³/mol. The highest BCUT2D eigenvalue weighted by Gasteiger charge is 2.22. The van der Waals surface area contributed by atoms with Gasteiger partial charge >= 0.3 is 0 Å². The van der Waals surface area contributed by atoms with E-state index in [1.807, 2.05) is 0 Å². The van der Waals surface area contributed by atoms with Crippen molar-refractivity contribution in [1.82, 2.24) is 24.5 Å². The molecule has 2 aliphatic rings. The predicted octanol–water partition coefficient (Wildman–Crippen LogP) is 19.6. The number of carbonyl (C=O) groups excluding carboxylic acids is 1. The van der Waals surface area contributed by atoms with Crippen molar-refractivity contribution in [1.29, 1.82) is 0 Å². The molecule has 2 aliphatic heterocycles. The van der Waals surface area contributed by atoms with E-state index in [1.54, 1.807) is 0 Å². The summed E-state index contributed by atoms with van der Waals surface area (Å²) in [6, 6.07) is 0. The molecule has 2 heterocycles. The summed E-state index contributed by atoms with van der Waals surface area (Å²) in [5.41, 5.74) is 0. The summed E-state index contributed by atoms with van der Waals surface area (Å²) >= 11 is 0. The van der Waals surface area contributed by atoms with E-state index in [-0.39, 0.29) is 0 Å². The number of carbonyl (C=O) groups is 1. The van der Waals surface area contributed by atoms with Crippen LogP contribution in [0.25, 0.3) is 0 Å². The van der Waals surface area contributed by atoms with E-state index >= 15 is 0 Å². The fourth-order valence-corrected chi connectivity index (χ4v) is 12.3. The Balaban J connectivity index is 1.90. The van der Waals surface area contributed by atoms with Crippen LogP contribution >= 0.6 is 0 Å². The Morgan fingerprint density at radius 1 is 0.270 bits per heavy atom. The second-order valence-electron chi connectivity index (χ2n) is 24.8. The molecule has 0 aliphatic carbocycles. The lowest BCUT2D eigenvalue weighted by atomic mass is 10.0. The molecule has 0 unspecified atom stereocenters. The molecular formula is C68H137N5O. The van der Waals surface area contributed by atoms with Gasteiger partial charge in [-0.2, -0.15) is 0 Å². The van der Waals surface area contributed by atoms with Crippen LogP contribution in [0.3, 0.4) is 0 Å². The van der Waals surface area contributed by atoms with Crippen molar-refractivity contribution in [2.24, 2.45) is 0 Å². The molecule has 440 valence electrons. The average molecular weight is 1040 g/mol. The molecule has 0 radical (unpaired) electrons. The van der Waals surface area contributed by atoms with Crippen LogP contribution in [0, 0.1) is 0 Å². The van der Waals surface area contributed by atoms with Crippen LogP contribution in [0.4, 0.5) is 0 Å². The van der Waals surface area contributed by atoms with E-state index in [0.29, 0.717) is 12.5 Å². The standard InChI is InChI=1S/C68H137N5O/c1-4-7-10-13-16-19-34-39-44-49-54-69(55-50-45-40-35-20-17-14-11-8-5-2)59-60-70-61-63-71(64-62-70)65-66-73(58-53-48-43-38-21-18-15-12-9-6-3)68(74)67-72-56-51-46-41-36-32-30-28-26-24-22-23-25-27-29-31-33-37-42-47-52-57-72/h4-67H2,1-3H3. The quantitative estimate of drug-likeness (QED) is 0.0570. The first-order valence-corrected chi connectivity index (χ1v) is 34.8. The zero-order chi connectivity index (χ0) is 52.7. The topological polar surface area (TPSA) is 33.3 Å². The Hall–Kier alpha value is -0.690. The molecule has 6 nitrogen and oxygen atoms in total. The summed E-state index contributed by atoms with van der Waals surface area (Å²) in [6.45, 7) is 22.5. The summed E-state index contributed by atoms with van der Waals surface area (Å²) in [6.07, 6.45) is 70.0. The van der Waals surface area contributed by atoms with Crippen molar-refractivity contribution in [2.75, 3.05) is 91.6 Å². The van der Waals surface area contributed by atoms with Gasteiger partial charge in [-0.1, -0.05) is 310 Å². The second-order valence-corrected chi connectivity index (χ2v) is 24.8. The lowest BCUT2D eigenvalue weighted by Crippen LogP contribution is -2.51. The van der Waals surface area contributed by atoms with Crippen molar-refractivity contribution in [2.45, 2.75) is 342 Å². The number of nitrogens with zero attached hydrogens (tertiary/aromatic N) is 5. The summed E-state index contributed by atoms with van der Waals surface area (Å²) in [5, 5.41) is 0. The third-order valence-corrected chi connectivity index (χ3v) is 17.7. The van der Waals surface area contributed by atoms with Gasteiger partial charge in [0.25, 0.3) is 0 Å². The molecule has 0 aromatic carbocycles. The van der Waals surface area contributed by atoms with Gasteiger partial charge in [-0.15, -0.1) is 0 Å². The maximum absolute atomic E-state index is 14.5. The lowest BCUT2D eigenvalue weighted by Gasteiger charge is -2.37. The first-order valence-electron chi connectivity index (χ1n) is 34.8. The van der Waals surface area contributed by atoms with Gasteiger partial charge in [0.1, 0.15) is 0 Å². The maximum atomic E-state index is 14.5. The Morgan fingerprint density at radius 2 is 0.527 bits per heavy atom. The third-order valence-electron chi connectivity index (χ3n) is 17.7. The fraction of sp³-hybridized carbons (Fsp3) is 0.985. The number of hydrogen-bond acceptors (Lipinski definition) is 5. The minimum absolute atomic E-state index is 0.418. The normalized spacial score (nSPS) is 17.8. The highest BCUT2D eigenvalue weighted by Crippen LogP contribution is 2.18. The first kappa shape index (κ1) is 69.4. The Bertz CT molecular complexity index is 1060. The smallest absolute Gasteiger partial charge is 0.236 e. The minimum Gasteiger partial charge on any atom is -0.340 e. The van der Waals surface area contributed by atoms with Gasteiger partial charge in [-0.05, 0) is 58.3 Å². The minimum atomic E-state index is 0.418. The highest BCUT2D eigenvalue weighted by molar-refractivity contribution is 5.78. The molecule has 0 saturated carbocycles. The van der Waals surface area contributed by atoms with E-state index in [0.717, 1.165) is 45.8 Å². The summed E-state index contributed by atoms with van der Waals surface area (Å²) in [5.74, 6) is 0.418. The van der Waals surface area contributed by atoms with E-state index in [2.05, 4.69) is 45.3 Å². The van der Waals surface area contributed by atoms with Crippen LogP contribution in [0.1, 0.15) is 342 Å². The zero-order valence-electron chi connectivity index (χ0n) is 51.4. The van der Waals surface area contributed by atoms with Crippen LogP contribution < -0.4 is 0 Å². The van der Waals surface area contributed by atoms with Crippen molar-refractivity contribution in [3.63, 3.8) is 0 Å². The van der Waals surface area contributed by atoms with E-state index < -0.39 is 0 Å². The van der Waals surface area contributed by atoms with Crippen molar-refractivity contribution < 1.29 is 4.79 Å². The van der Waals surface area contributed by atoms with Gasteiger partial charge in [0, 0.05) is 58.9 Å². The summed E-state index contributed by atoms with van der Waals surface area (Å²) in [7, 11) is 0. The van der Waals surface area contributed by atoms with Crippen molar-refractivity contribution >= 4 is 5.91 Å². The highest BCUT2D eigenvalue weighted by atomic mass is 16.2. The molecule has 0 bridgehead atoms. The summed E-state index contributed by atoms with van der Waals surface area (Å²) in [4.78, 5) is 27.7. The van der Waals surface area contributed by atoms with Gasteiger partial charge in [-0.3, -0.25) is 19.5 Å². The number of unbranched alkanes of at least 4 members (excludes halogenated alkanes) is 27. The Kier molecular flexibility index (Phi) is 52.2. The molecule has 2 rings (SSSR count). The van der Waals surface area contributed by atoms with Crippen molar-refractivity contribution in [3.8, 4) is 0 Å². The van der Waals surface area contributed by atoms with Gasteiger partial charge < -0.3 is 9.80 Å². The summed E-state index contributed by atoms with van der Waals surface area (Å²) < 4.78 is 0. The molecule has 1 amide bonds. The molecule has 0 aromatic heterocycles. The molecule has 0 spiro atoms. The lowest BCUT2D eigenvalue weighted by molar-refractivity contribution is -0.132. The van der Waals surface area contributed by atoms with Crippen molar-refractivity contribution in [3.05, 3.63) is 0 Å². The van der Waals surface area contributed by atoms with E-state index in [1.165, 1.54) is 360 Å². The van der Waals surface area contributed by atoms with Crippen LogP contribution in [0.15, 0.2) is 0 Å². The fourth-order valence-electron chi connectivity index (χ4n) is 12.3. The molecule has 6 heteroatoms. The van der Waals surface area contributed by atoms with Gasteiger partial charge in [0.05, 0.1) is 6.54 Å².